The standard InChI is InChI=1S/C28H26FN5O/c1-16(2)23-14-31-27(35-23)22-13-30-15-24(32-22)28(17(3)4)11-7-9-19-12-21(33-34-26(19)28)25-18(5)8-6-10-20(25)29/h6,8,10,12-15H,1,3,7,9,11H2,2,4-5H3/t28-/m0/s1. The van der Waals surface area contributed by atoms with Gasteiger partial charge in [0.1, 0.15) is 17.3 Å². The number of nitrogens with zero attached hydrogens (tertiary/aromatic N) is 5. The van der Waals surface area contributed by atoms with Crippen LogP contribution in [0.3, 0.4) is 0 Å². The summed E-state index contributed by atoms with van der Waals surface area (Å²) < 4.78 is 20.5. The summed E-state index contributed by atoms with van der Waals surface area (Å²) in [6.07, 6.45) is 7.48. The van der Waals surface area contributed by atoms with Crippen molar-refractivity contribution in [3.8, 4) is 22.8 Å². The molecular weight excluding hydrogens is 441 g/mol. The Bertz CT molecular complexity index is 1450. The van der Waals surface area contributed by atoms with Gasteiger partial charge >= 0.3 is 0 Å². The van der Waals surface area contributed by atoms with Crippen molar-refractivity contribution in [2.75, 3.05) is 0 Å². The zero-order chi connectivity index (χ0) is 24.7. The minimum Gasteiger partial charge on any atom is -0.435 e. The average molecular weight is 468 g/mol. The third-order valence-electron chi connectivity index (χ3n) is 6.70. The molecule has 176 valence electrons. The van der Waals surface area contributed by atoms with E-state index in [2.05, 4.69) is 33.3 Å². The maximum absolute atomic E-state index is 14.7. The molecule has 35 heavy (non-hydrogen) atoms. The quantitative estimate of drug-likeness (QED) is 0.322. The molecule has 3 aromatic heterocycles. The van der Waals surface area contributed by atoms with E-state index in [-0.39, 0.29) is 5.82 Å². The fourth-order valence-electron chi connectivity index (χ4n) is 4.87. The lowest BCUT2D eigenvalue weighted by Crippen LogP contribution is -2.36. The van der Waals surface area contributed by atoms with Crippen LogP contribution in [0.15, 0.2) is 66.0 Å². The molecule has 4 aromatic rings. The molecule has 5 rings (SSSR count). The van der Waals surface area contributed by atoms with Gasteiger partial charge in [0.15, 0.2) is 0 Å². The number of hydrogen-bond acceptors (Lipinski definition) is 6. The molecule has 0 spiro atoms. The van der Waals surface area contributed by atoms with Gasteiger partial charge in [0.25, 0.3) is 0 Å². The van der Waals surface area contributed by atoms with Crippen molar-refractivity contribution < 1.29 is 8.81 Å². The highest BCUT2D eigenvalue weighted by atomic mass is 19.1. The first-order valence-corrected chi connectivity index (χ1v) is 11.5. The van der Waals surface area contributed by atoms with Crippen LogP contribution in [-0.2, 0) is 11.8 Å². The minimum atomic E-state index is -0.670. The number of rotatable bonds is 5. The second kappa shape index (κ2) is 8.65. The molecule has 1 aromatic carbocycles. The lowest BCUT2D eigenvalue weighted by atomic mass is 9.67. The molecule has 0 N–H and O–H groups in total. The summed E-state index contributed by atoms with van der Waals surface area (Å²) in [7, 11) is 0. The summed E-state index contributed by atoms with van der Waals surface area (Å²) in [5.74, 6) is 0.674. The summed E-state index contributed by atoms with van der Waals surface area (Å²) in [5.41, 5.74) is 5.87. The second-order valence-electron chi connectivity index (χ2n) is 9.17. The van der Waals surface area contributed by atoms with Crippen LogP contribution in [0.1, 0.15) is 55.0 Å². The Morgan fingerprint density at radius 2 is 1.91 bits per heavy atom. The fourth-order valence-corrected chi connectivity index (χ4v) is 4.87. The Morgan fingerprint density at radius 1 is 1.09 bits per heavy atom. The molecule has 0 fully saturated rings. The number of aryl methyl sites for hydroxylation is 2. The summed E-state index contributed by atoms with van der Waals surface area (Å²) >= 11 is 0. The molecule has 0 amide bonds. The summed E-state index contributed by atoms with van der Waals surface area (Å²) in [4.78, 5) is 13.7. The van der Waals surface area contributed by atoms with Crippen LogP contribution in [0.25, 0.3) is 28.4 Å². The van der Waals surface area contributed by atoms with Crippen LogP contribution in [0.2, 0.25) is 0 Å². The number of aromatic nitrogens is 5. The predicted molar refractivity (Wildman–Crippen MR) is 133 cm³/mol. The van der Waals surface area contributed by atoms with E-state index in [0.29, 0.717) is 34.3 Å². The molecule has 0 bridgehead atoms. The van der Waals surface area contributed by atoms with Crippen molar-refractivity contribution in [1.82, 2.24) is 25.1 Å². The Kier molecular flexibility index (Phi) is 5.63. The van der Waals surface area contributed by atoms with Crippen LogP contribution >= 0.6 is 0 Å². The third-order valence-corrected chi connectivity index (χ3v) is 6.70. The third kappa shape index (κ3) is 3.77. The summed E-state index contributed by atoms with van der Waals surface area (Å²) in [6, 6.07) is 6.98. The van der Waals surface area contributed by atoms with Gasteiger partial charge in [-0.15, -0.1) is 0 Å². The SMILES string of the molecule is C=C(C)c1cnc(-c2cncc([C@@]3(C(=C)C)CCCc4cc(-c5c(C)cccc5F)nnc43)n2)o1. The van der Waals surface area contributed by atoms with E-state index >= 15 is 0 Å². The predicted octanol–water partition coefficient (Wildman–Crippen LogP) is 6.27. The first-order valence-electron chi connectivity index (χ1n) is 11.5. The Morgan fingerprint density at radius 3 is 2.63 bits per heavy atom. The number of allylic oxidation sites excluding steroid dienone is 2. The molecule has 7 heteroatoms. The first kappa shape index (κ1) is 22.8. The van der Waals surface area contributed by atoms with Crippen LogP contribution < -0.4 is 0 Å². The van der Waals surface area contributed by atoms with Gasteiger partial charge in [-0.25, -0.2) is 14.4 Å². The van der Waals surface area contributed by atoms with E-state index in [1.807, 2.05) is 32.9 Å². The maximum Gasteiger partial charge on any atom is 0.247 e. The molecule has 6 nitrogen and oxygen atoms in total. The lowest BCUT2D eigenvalue weighted by molar-refractivity contribution is 0.456. The van der Waals surface area contributed by atoms with Crippen molar-refractivity contribution in [1.29, 1.82) is 0 Å². The molecule has 3 heterocycles. The van der Waals surface area contributed by atoms with E-state index in [1.165, 1.54) is 6.07 Å². The molecule has 0 aliphatic heterocycles. The summed E-state index contributed by atoms with van der Waals surface area (Å²) in [5, 5.41) is 9.13. The van der Waals surface area contributed by atoms with E-state index in [9.17, 15) is 4.39 Å². The van der Waals surface area contributed by atoms with Gasteiger partial charge in [0, 0.05) is 11.8 Å². The van der Waals surface area contributed by atoms with Gasteiger partial charge in [-0.05, 0) is 68.9 Å². The number of halogens is 1. The summed E-state index contributed by atoms with van der Waals surface area (Å²) in [6.45, 7) is 13.9. The van der Waals surface area contributed by atoms with Crippen LogP contribution in [0.5, 0.6) is 0 Å². The number of benzene rings is 1. The molecule has 1 aliphatic carbocycles. The van der Waals surface area contributed by atoms with Gasteiger partial charge in [-0.3, -0.25) is 4.98 Å². The van der Waals surface area contributed by atoms with Crippen molar-refractivity contribution in [2.24, 2.45) is 0 Å². The van der Waals surface area contributed by atoms with Crippen LogP contribution in [0, 0.1) is 12.7 Å². The molecule has 0 saturated carbocycles. The second-order valence-corrected chi connectivity index (χ2v) is 9.17. The largest absolute Gasteiger partial charge is 0.435 e. The van der Waals surface area contributed by atoms with Gasteiger partial charge in [-0.2, -0.15) is 10.2 Å². The molecule has 0 saturated heterocycles. The highest BCUT2D eigenvalue weighted by molar-refractivity contribution is 5.65. The Hall–Kier alpha value is -4.00. The lowest BCUT2D eigenvalue weighted by Gasteiger charge is -2.37. The van der Waals surface area contributed by atoms with Gasteiger partial charge in [-0.1, -0.05) is 30.9 Å². The Balaban J connectivity index is 1.64. The molecular formula is C28H26FN5O. The topological polar surface area (TPSA) is 77.6 Å². The molecule has 0 radical (unpaired) electrons. The normalized spacial score (nSPS) is 17.1. The van der Waals surface area contributed by atoms with E-state index in [4.69, 9.17) is 9.40 Å². The van der Waals surface area contributed by atoms with E-state index in [0.717, 1.165) is 47.2 Å². The van der Waals surface area contributed by atoms with Crippen molar-refractivity contribution >= 4 is 5.57 Å². The minimum absolute atomic E-state index is 0.306. The van der Waals surface area contributed by atoms with Crippen molar-refractivity contribution in [3.05, 3.63) is 95.7 Å². The van der Waals surface area contributed by atoms with Gasteiger partial charge in [0.2, 0.25) is 5.89 Å². The smallest absolute Gasteiger partial charge is 0.247 e. The fraction of sp³-hybridized carbons (Fsp3) is 0.250. The van der Waals surface area contributed by atoms with Crippen LogP contribution in [0.4, 0.5) is 4.39 Å². The monoisotopic (exact) mass is 467 g/mol. The highest BCUT2D eigenvalue weighted by Gasteiger charge is 2.43. The molecule has 0 unspecified atom stereocenters. The molecule has 1 atom stereocenters. The maximum atomic E-state index is 14.7. The number of hydrogen-bond donors (Lipinski definition) is 0. The van der Waals surface area contributed by atoms with E-state index in [1.54, 1.807) is 24.7 Å². The van der Waals surface area contributed by atoms with Crippen molar-refractivity contribution in [2.45, 2.75) is 45.4 Å². The highest BCUT2D eigenvalue weighted by Crippen LogP contribution is 2.46. The van der Waals surface area contributed by atoms with E-state index < -0.39 is 5.41 Å². The Labute approximate surface area is 203 Å². The first-order chi connectivity index (χ1) is 16.8. The van der Waals surface area contributed by atoms with Crippen LogP contribution in [-0.4, -0.2) is 25.1 Å². The molecule has 1 aliphatic rings. The number of oxazole rings is 1. The van der Waals surface area contributed by atoms with Gasteiger partial charge in [0.05, 0.1) is 34.9 Å². The zero-order valence-electron chi connectivity index (χ0n) is 20.1. The number of fused-ring (bicyclic) bond motifs is 1. The van der Waals surface area contributed by atoms with Crippen molar-refractivity contribution in [3.63, 3.8) is 0 Å². The van der Waals surface area contributed by atoms with Gasteiger partial charge < -0.3 is 4.42 Å². The average Bonchev–Trinajstić information content (AvgIpc) is 3.34. The zero-order valence-corrected chi connectivity index (χ0v) is 20.1.